The van der Waals surface area contributed by atoms with E-state index in [0.717, 1.165) is 5.69 Å². The van der Waals surface area contributed by atoms with Crippen LogP contribution < -0.4 is 11.5 Å². The highest BCUT2D eigenvalue weighted by Gasteiger charge is 1.98. The van der Waals surface area contributed by atoms with Gasteiger partial charge in [-0.3, -0.25) is 0 Å². The van der Waals surface area contributed by atoms with E-state index in [1.165, 1.54) is 0 Å². The number of rotatable bonds is 3. The van der Waals surface area contributed by atoms with Crippen molar-refractivity contribution >= 4 is 28.4 Å². The van der Waals surface area contributed by atoms with Crippen LogP contribution in [0.5, 0.6) is 0 Å². The molecule has 0 aliphatic carbocycles. The summed E-state index contributed by atoms with van der Waals surface area (Å²) in [6, 6.07) is 12.4. The smallest absolute Gasteiger partial charge is 0.109 e. The fraction of sp³-hybridized carbons (Fsp3) is 0.0769. The first-order chi connectivity index (χ1) is 9.19. The number of nitrogen functional groups attached to an aromatic ring is 2. The number of azo groups is 2. The molecule has 0 heterocycles. The van der Waals surface area contributed by atoms with E-state index in [4.69, 9.17) is 11.5 Å². The Balaban J connectivity index is 2.18. The highest BCUT2D eigenvalue weighted by atomic mass is 15.1. The topological polar surface area (TPSA) is 101 Å². The van der Waals surface area contributed by atoms with Crippen LogP contribution in [0.3, 0.4) is 0 Å². The second-order valence-electron chi connectivity index (χ2n) is 3.83. The third-order valence-electron chi connectivity index (χ3n) is 2.39. The predicted octanol–water partition coefficient (Wildman–Crippen LogP) is 3.98. The van der Waals surface area contributed by atoms with Gasteiger partial charge in [-0.1, -0.05) is 0 Å². The minimum Gasteiger partial charge on any atom is -0.399 e. The predicted molar refractivity (Wildman–Crippen MR) is 76.3 cm³/mol. The van der Waals surface area contributed by atoms with Crippen molar-refractivity contribution in [3.63, 3.8) is 0 Å². The largest absolute Gasteiger partial charge is 0.399 e. The van der Waals surface area contributed by atoms with E-state index in [-0.39, 0.29) is 0 Å². The Morgan fingerprint density at radius 3 is 2.00 bits per heavy atom. The summed E-state index contributed by atoms with van der Waals surface area (Å²) in [5, 5.41) is 15.8. The fourth-order valence-corrected chi connectivity index (χ4v) is 1.48. The molecule has 6 heteroatoms. The molecule has 0 spiro atoms. The lowest BCUT2D eigenvalue weighted by Crippen LogP contribution is -1.89. The molecule has 0 bridgehead atoms. The normalized spacial score (nSPS) is 11.4. The molecular weight excluding hydrogens is 240 g/mol. The molecule has 0 saturated carbocycles. The summed E-state index contributed by atoms with van der Waals surface area (Å²) in [7, 11) is 1.62. The molecule has 6 nitrogen and oxygen atoms in total. The van der Waals surface area contributed by atoms with Gasteiger partial charge < -0.3 is 11.5 Å². The Kier molecular flexibility index (Phi) is 3.82. The van der Waals surface area contributed by atoms with Gasteiger partial charge in [0.2, 0.25) is 0 Å². The van der Waals surface area contributed by atoms with E-state index in [1.807, 2.05) is 12.1 Å². The summed E-state index contributed by atoms with van der Waals surface area (Å²) in [5.74, 6) is 0. The van der Waals surface area contributed by atoms with Gasteiger partial charge in [-0.25, -0.2) is 0 Å². The van der Waals surface area contributed by atoms with Gasteiger partial charge in [0, 0.05) is 12.7 Å². The zero-order valence-corrected chi connectivity index (χ0v) is 10.5. The van der Waals surface area contributed by atoms with Gasteiger partial charge in [0.25, 0.3) is 0 Å². The van der Waals surface area contributed by atoms with Gasteiger partial charge in [0.1, 0.15) is 5.69 Å². The summed E-state index contributed by atoms with van der Waals surface area (Å²) >= 11 is 0. The van der Waals surface area contributed by atoms with Crippen molar-refractivity contribution < 1.29 is 0 Å². The molecule has 2 rings (SSSR count). The lowest BCUT2D eigenvalue weighted by Gasteiger charge is -2.00. The van der Waals surface area contributed by atoms with Crippen LogP contribution in [-0.2, 0) is 0 Å². The molecule has 0 radical (unpaired) electrons. The minimum atomic E-state index is 0.500. The number of anilines is 2. The highest BCUT2D eigenvalue weighted by molar-refractivity contribution is 5.67. The van der Waals surface area contributed by atoms with Gasteiger partial charge in [-0.15, -0.1) is 5.11 Å². The van der Waals surface area contributed by atoms with Crippen LogP contribution >= 0.6 is 0 Å². The van der Waals surface area contributed by atoms with Crippen molar-refractivity contribution in [3.05, 3.63) is 42.5 Å². The molecular formula is C13H14N6. The number of nitrogens with zero attached hydrogens (tertiary/aromatic N) is 4. The Bertz CT molecular complexity index is 616. The fourth-order valence-electron chi connectivity index (χ4n) is 1.48. The Hall–Kier alpha value is -2.76. The molecule has 19 heavy (non-hydrogen) atoms. The quantitative estimate of drug-likeness (QED) is 0.639. The Labute approximate surface area is 110 Å². The molecule has 0 amide bonds. The van der Waals surface area contributed by atoms with Crippen LogP contribution in [0.2, 0.25) is 0 Å². The van der Waals surface area contributed by atoms with Gasteiger partial charge in [0.15, 0.2) is 0 Å². The first kappa shape index (κ1) is 12.7. The number of hydrogen-bond donors (Lipinski definition) is 2. The van der Waals surface area contributed by atoms with Crippen LogP contribution in [0.25, 0.3) is 0 Å². The van der Waals surface area contributed by atoms with Crippen LogP contribution in [0.1, 0.15) is 0 Å². The molecule has 0 unspecified atom stereocenters. The molecule has 2 aromatic carbocycles. The maximum atomic E-state index is 5.79. The van der Waals surface area contributed by atoms with Crippen LogP contribution in [0.15, 0.2) is 62.9 Å². The summed E-state index contributed by atoms with van der Waals surface area (Å²) in [4.78, 5) is 0. The number of hydrogen-bond acceptors (Lipinski definition) is 6. The van der Waals surface area contributed by atoms with Gasteiger partial charge in [0.05, 0.1) is 17.1 Å². The van der Waals surface area contributed by atoms with Crippen molar-refractivity contribution in [1.29, 1.82) is 0 Å². The van der Waals surface area contributed by atoms with Gasteiger partial charge in [-0.2, -0.15) is 15.3 Å². The van der Waals surface area contributed by atoms with Gasteiger partial charge >= 0.3 is 0 Å². The monoisotopic (exact) mass is 254 g/mol. The third-order valence-corrected chi connectivity index (χ3v) is 2.39. The maximum absolute atomic E-state index is 5.79. The van der Waals surface area contributed by atoms with Crippen molar-refractivity contribution in [2.24, 2.45) is 20.5 Å². The molecule has 4 N–H and O–H groups in total. The zero-order valence-electron chi connectivity index (χ0n) is 10.5. The maximum Gasteiger partial charge on any atom is 0.109 e. The van der Waals surface area contributed by atoms with E-state index in [2.05, 4.69) is 20.5 Å². The second kappa shape index (κ2) is 5.72. The molecule has 2 aromatic rings. The molecule has 0 aliphatic heterocycles. The molecule has 0 aliphatic rings. The highest BCUT2D eigenvalue weighted by Crippen LogP contribution is 2.27. The Morgan fingerprint density at radius 2 is 1.42 bits per heavy atom. The van der Waals surface area contributed by atoms with E-state index in [0.29, 0.717) is 22.7 Å². The molecule has 0 saturated heterocycles. The summed E-state index contributed by atoms with van der Waals surface area (Å²) in [6.07, 6.45) is 0. The molecule has 0 aromatic heterocycles. The van der Waals surface area contributed by atoms with E-state index in [9.17, 15) is 0 Å². The van der Waals surface area contributed by atoms with Crippen LogP contribution in [0.4, 0.5) is 28.4 Å². The van der Waals surface area contributed by atoms with E-state index < -0.39 is 0 Å². The van der Waals surface area contributed by atoms with Gasteiger partial charge in [-0.05, 0) is 42.5 Å². The third kappa shape index (κ3) is 3.35. The summed E-state index contributed by atoms with van der Waals surface area (Å²) in [6.45, 7) is 0. The van der Waals surface area contributed by atoms with Crippen molar-refractivity contribution in [3.8, 4) is 0 Å². The number of nitrogens with two attached hydrogens (primary N) is 2. The number of benzene rings is 2. The minimum absolute atomic E-state index is 0.500. The van der Waals surface area contributed by atoms with Crippen molar-refractivity contribution in [1.82, 2.24) is 0 Å². The van der Waals surface area contributed by atoms with Crippen molar-refractivity contribution in [2.75, 3.05) is 18.5 Å². The standard InChI is InChI=1S/C13H14N6/c1-16-17-10-3-5-11(6-4-10)18-19-13-7-2-9(14)8-12(13)15/h2-8H,14-15H2,1H3. The van der Waals surface area contributed by atoms with Crippen LogP contribution in [-0.4, -0.2) is 7.05 Å². The summed E-state index contributed by atoms with van der Waals surface area (Å²) in [5.41, 5.74) is 14.6. The first-order valence-electron chi connectivity index (χ1n) is 5.65. The lowest BCUT2D eigenvalue weighted by molar-refractivity contribution is 1.16. The van der Waals surface area contributed by atoms with E-state index >= 15 is 0 Å². The van der Waals surface area contributed by atoms with Crippen molar-refractivity contribution in [2.45, 2.75) is 0 Å². The average Bonchev–Trinajstić information content (AvgIpc) is 2.40. The van der Waals surface area contributed by atoms with E-state index in [1.54, 1.807) is 37.4 Å². The summed E-state index contributed by atoms with van der Waals surface area (Å²) < 4.78 is 0. The molecule has 96 valence electrons. The Morgan fingerprint density at radius 1 is 0.789 bits per heavy atom. The SMILES string of the molecule is CN=Nc1ccc(N=Nc2ccc(N)cc2N)cc1. The molecule has 0 atom stereocenters. The first-order valence-corrected chi connectivity index (χ1v) is 5.65. The average molecular weight is 254 g/mol. The zero-order chi connectivity index (χ0) is 13.7. The lowest BCUT2D eigenvalue weighted by atomic mass is 10.2. The molecule has 0 fully saturated rings. The van der Waals surface area contributed by atoms with Crippen LogP contribution in [0, 0.1) is 0 Å². The second-order valence-corrected chi connectivity index (χ2v) is 3.83.